The van der Waals surface area contributed by atoms with Crippen LogP contribution in [0.15, 0.2) is 24.3 Å². The molecule has 0 aliphatic carbocycles. The second-order valence-corrected chi connectivity index (χ2v) is 4.82. The van der Waals surface area contributed by atoms with Crippen molar-refractivity contribution in [2.24, 2.45) is 0 Å². The summed E-state index contributed by atoms with van der Waals surface area (Å²) in [5.41, 5.74) is -0.0690. The van der Waals surface area contributed by atoms with Crippen molar-refractivity contribution < 1.29 is 9.72 Å². The quantitative estimate of drug-likeness (QED) is 0.469. The van der Waals surface area contributed by atoms with Crippen LogP contribution in [0.25, 0.3) is 0 Å². The van der Waals surface area contributed by atoms with Gasteiger partial charge >= 0.3 is 0 Å². The van der Waals surface area contributed by atoms with Gasteiger partial charge in [0, 0.05) is 25.0 Å². The van der Waals surface area contributed by atoms with E-state index in [1.807, 2.05) is 6.92 Å². The summed E-state index contributed by atoms with van der Waals surface area (Å²) in [6.45, 7) is 2.31. The molecular formula is C12H15ClN2O3. The van der Waals surface area contributed by atoms with E-state index in [9.17, 15) is 14.9 Å². The lowest BCUT2D eigenvalue weighted by atomic mass is 10.1. The molecule has 0 fully saturated rings. The summed E-state index contributed by atoms with van der Waals surface area (Å²) < 4.78 is 0. The number of nitro groups is 1. The lowest BCUT2D eigenvalue weighted by Gasteiger charge is -2.17. The molecule has 0 spiro atoms. The minimum Gasteiger partial charge on any atom is -0.341 e. The number of para-hydroxylation sites is 1. The van der Waals surface area contributed by atoms with Crippen LogP contribution in [0.2, 0.25) is 0 Å². The number of hydrogen-bond acceptors (Lipinski definition) is 3. The van der Waals surface area contributed by atoms with Crippen LogP contribution in [0.1, 0.15) is 23.7 Å². The molecule has 0 saturated heterocycles. The largest absolute Gasteiger partial charge is 0.341 e. The molecular weight excluding hydrogens is 256 g/mol. The molecule has 0 radical (unpaired) electrons. The summed E-state index contributed by atoms with van der Waals surface area (Å²) in [6, 6.07) is 5.93. The summed E-state index contributed by atoms with van der Waals surface area (Å²) in [4.78, 5) is 23.8. The third-order valence-electron chi connectivity index (χ3n) is 2.54. The fourth-order valence-corrected chi connectivity index (χ4v) is 1.59. The zero-order valence-corrected chi connectivity index (χ0v) is 11.1. The number of carbonyl (C=O) groups is 1. The van der Waals surface area contributed by atoms with Gasteiger partial charge in [-0.05, 0) is 19.4 Å². The Hall–Kier alpha value is -1.62. The monoisotopic (exact) mass is 270 g/mol. The molecule has 0 aromatic heterocycles. The Balaban J connectivity index is 2.86. The molecule has 0 N–H and O–H groups in total. The van der Waals surface area contributed by atoms with E-state index in [0.717, 1.165) is 0 Å². The van der Waals surface area contributed by atoms with E-state index in [0.29, 0.717) is 13.0 Å². The molecule has 1 aromatic rings. The first-order valence-corrected chi connectivity index (χ1v) is 6.00. The van der Waals surface area contributed by atoms with Crippen molar-refractivity contribution in [2.75, 3.05) is 13.6 Å². The highest BCUT2D eigenvalue weighted by molar-refractivity contribution is 6.20. The second-order valence-electron chi connectivity index (χ2n) is 4.07. The molecule has 98 valence electrons. The third-order valence-corrected chi connectivity index (χ3v) is 2.76. The maximum absolute atomic E-state index is 12.1. The van der Waals surface area contributed by atoms with Gasteiger partial charge in [-0.3, -0.25) is 14.9 Å². The minimum atomic E-state index is -0.550. The Kier molecular flexibility index (Phi) is 5.09. The van der Waals surface area contributed by atoms with Gasteiger partial charge in [0.1, 0.15) is 5.56 Å². The molecule has 6 heteroatoms. The van der Waals surface area contributed by atoms with Crippen molar-refractivity contribution in [3.63, 3.8) is 0 Å². The second kappa shape index (κ2) is 6.35. The van der Waals surface area contributed by atoms with E-state index in [2.05, 4.69) is 0 Å². The molecule has 0 saturated carbocycles. The van der Waals surface area contributed by atoms with Gasteiger partial charge in [0.25, 0.3) is 11.6 Å². The van der Waals surface area contributed by atoms with Crippen LogP contribution in [-0.2, 0) is 0 Å². The van der Waals surface area contributed by atoms with Crippen LogP contribution < -0.4 is 0 Å². The predicted molar refractivity (Wildman–Crippen MR) is 70.0 cm³/mol. The van der Waals surface area contributed by atoms with Crippen molar-refractivity contribution in [2.45, 2.75) is 18.7 Å². The number of hydrogen-bond donors (Lipinski definition) is 0. The van der Waals surface area contributed by atoms with Crippen molar-refractivity contribution in [1.82, 2.24) is 4.90 Å². The molecule has 1 rings (SSSR count). The Labute approximate surface area is 110 Å². The number of halogens is 1. The zero-order valence-electron chi connectivity index (χ0n) is 10.3. The number of nitrogens with zero attached hydrogens (tertiary/aromatic N) is 2. The average molecular weight is 271 g/mol. The summed E-state index contributed by atoms with van der Waals surface area (Å²) in [7, 11) is 1.61. The fraction of sp³-hybridized carbons (Fsp3) is 0.417. The van der Waals surface area contributed by atoms with E-state index < -0.39 is 4.92 Å². The smallest absolute Gasteiger partial charge is 0.282 e. The van der Waals surface area contributed by atoms with Crippen LogP contribution in [0, 0.1) is 10.1 Å². The minimum absolute atomic E-state index is 0.0361. The van der Waals surface area contributed by atoms with Gasteiger partial charge < -0.3 is 4.90 Å². The predicted octanol–water partition coefficient (Wildman–Crippen LogP) is 2.68. The van der Waals surface area contributed by atoms with Gasteiger partial charge in [-0.2, -0.15) is 0 Å². The van der Waals surface area contributed by atoms with Gasteiger partial charge in [0.2, 0.25) is 0 Å². The molecule has 0 heterocycles. The Morgan fingerprint density at radius 1 is 1.50 bits per heavy atom. The van der Waals surface area contributed by atoms with Gasteiger partial charge in [0.15, 0.2) is 0 Å². The third kappa shape index (κ3) is 3.70. The molecule has 0 bridgehead atoms. The maximum atomic E-state index is 12.1. The van der Waals surface area contributed by atoms with Gasteiger partial charge in [-0.15, -0.1) is 11.6 Å². The highest BCUT2D eigenvalue weighted by Gasteiger charge is 2.21. The summed E-state index contributed by atoms with van der Waals surface area (Å²) >= 11 is 5.81. The first-order chi connectivity index (χ1) is 8.43. The van der Waals surface area contributed by atoms with E-state index >= 15 is 0 Å². The Morgan fingerprint density at radius 2 is 2.11 bits per heavy atom. The Bertz CT molecular complexity index is 449. The number of rotatable bonds is 5. The van der Waals surface area contributed by atoms with E-state index in [1.54, 1.807) is 13.1 Å². The fourth-order valence-electron chi connectivity index (χ4n) is 1.49. The normalized spacial score (nSPS) is 11.9. The van der Waals surface area contributed by atoms with Gasteiger partial charge in [-0.25, -0.2) is 0 Å². The number of nitro benzene ring substituents is 1. The molecule has 1 amide bonds. The van der Waals surface area contributed by atoms with Crippen molar-refractivity contribution in [3.05, 3.63) is 39.9 Å². The van der Waals surface area contributed by atoms with Crippen molar-refractivity contribution in [3.8, 4) is 0 Å². The van der Waals surface area contributed by atoms with E-state index in [4.69, 9.17) is 11.6 Å². The molecule has 18 heavy (non-hydrogen) atoms. The summed E-state index contributed by atoms with van der Waals surface area (Å²) in [5, 5.41) is 10.8. The molecule has 0 aliphatic rings. The Morgan fingerprint density at radius 3 is 2.67 bits per heavy atom. The standard InChI is InChI=1S/C12H15ClN2O3/c1-9(13)7-8-14(2)12(16)10-5-3-4-6-11(10)15(17)18/h3-6,9H,7-8H2,1-2H3. The summed E-state index contributed by atoms with van der Waals surface area (Å²) in [6.07, 6.45) is 0.643. The topological polar surface area (TPSA) is 63.5 Å². The number of amides is 1. The van der Waals surface area contributed by atoms with Crippen LogP contribution >= 0.6 is 11.6 Å². The summed E-state index contributed by atoms with van der Waals surface area (Å²) in [5.74, 6) is -0.361. The molecule has 5 nitrogen and oxygen atoms in total. The van der Waals surface area contributed by atoms with Crippen molar-refractivity contribution in [1.29, 1.82) is 0 Å². The molecule has 1 unspecified atom stereocenters. The average Bonchev–Trinajstić information content (AvgIpc) is 2.34. The van der Waals surface area contributed by atoms with Gasteiger partial charge in [0.05, 0.1) is 4.92 Å². The first-order valence-electron chi connectivity index (χ1n) is 5.56. The SMILES string of the molecule is CC(Cl)CCN(C)C(=O)c1ccccc1[N+](=O)[O-]. The number of benzene rings is 1. The van der Waals surface area contributed by atoms with Gasteiger partial charge in [-0.1, -0.05) is 12.1 Å². The highest BCUT2D eigenvalue weighted by atomic mass is 35.5. The van der Waals surface area contributed by atoms with Crippen LogP contribution in [0.4, 0.5) is 5.69 Å². The highest BCUT2D eigenvalue weighted by Crippen LogP contribution is 2.19. The van der Waals surface area contributed by atoms with E-state index in [-0.39, 0.29) is 22.5 Å². The number of carbonyl (C=O) groups excluding carboxylic acids is 1. The lowest BCUT2D eigenvalue weighted by Crippen LogP contribution is -2.29. The molecule has 0 aliphatic heterocycles. The van der Waals surface area contributed by atoms with E-state index in [1.165, 1.54) is 23.1 Å². The van der Waals surface area contributed by atoms with Crippen LogP contribution in [0.5, 0.6) is 0 Å². The van der Waals surface area contributed by atoms with Crippen LogP contribution in [0.3, 0.4) is 0 Å². The maximum Gasteiger partial charge on any atom is 0.282 e. The first kappa shape index (κ1) is 14.4. The van der Waals surface area contributed by atoms with Crippen LogP contribution in [-0.4, -0.2) is 34.7 Å². The lowest BCUT2D eigenvalue weighted by molar-refractivity contribution is -0.385. The molecule has 1 aromatic carbocycles. The molecule has 1 atom stereocenters. The zero-order chi connectivity index (χ0) is 13.7. The number of alkyl halides is 1. The van der Waals surface area contributed by atoms with Crippen molar-refractivity contribution >= 4 is 23.2 Å².